The molecule has 0 saturated heterocycles. The lowest BCUT2D eigenvalue weighted by atomic mass is 10.1. The summed E-state index contributed by atoms with van der Waals surface area (Å²) in [6.45, 7) is -1.50. The average molecular weight is 260 g/mol. The van der Waals surface area contributed by atoms with Crippen LogP contribution in [-0.2, 0) is 16.0 Å². The van der Waals surface area contributed by atoms with Crippen molar-refractivity contribution in [3.8, 4) is 0 Å². The molecule has 0 fully saturated rings. The quantitative estimate of drug-likeness (QED) is 0.578. The summed E-state index contributed by atoms with van der Waals surface area (Å²) < 4.78 is 39.3. The largest absolute Gasteiger partial charge is 0.456 e. The Morgan fingerprint density at radius 3 is 2.39 bits per heavy atom. The molecular formula is C13H15F3O2. The second-order valence-electron chi connectivity index (χ2n) is 3.97. The van der Waals surface area contributed by atoms with Crippen molar-refractivity contribution in [2.75, 3.05) is 6.61 Å². The van der Waals surface area contributed by atoms with Crippen LogP contribution < -0.4 is 0 Å². The van der Waals surface area contributed by atoms with Gasteiger partial charge in [-0.05, 0) is 24.8 Å². The molecule has 100 valence electrons. The van der Waals surface area contributed by atoms with Gasteiger partial charge in [0.15, 0.2) is 6.61 Å². The van der Waals surface area contributed by atoms with Crippen LogP contribution in [0.25, 0.3) is 0 Å². The van der Waals surface area contributed by atoms with Crippen molar-refractivity contribution in [1.29, 1.82) is 0 Å². The van der Waals surface area contributed by atoms with Crippen molar-refractivity contribution in [2.24, 2.45) is 0 Å². The number of alkyl halides is 3. The van der Waals surface area contributed by atoms with Crippen molar-refractivity contribution >= 4 is 5.97 Å². The first-order valence-corrected chi connectivity index (χ1v) is 5.74. The van der Waals surface area contributed by atoms with Crippen molar-refractivity contribution in [3.63, 3.8) is 0 Å². The number of carbonyl (C=O) groups excluding carboxylic acids is 1. The first kappa shape index (κ1) is 14.5. The molecule has 0 heterocycles. The number of carbonyl (C=O) groups is 1. The summed E-state index contributed by atoms with van der Waals surface area (Å²) >= 11 is 0. The van der Waals surface area contributed by atoms with Gasteiger partial charge in [-0.25, -0.2) is 0 Å². The Labute approximate surface area is 104 Å². The minimum Gasteiger partial charge on any atom is -0.456 e. The van der Waals surface area contributed by atoms with E-state index >= 15 is 0 Å². The normalized spacial score (nSPS) is 11.3. The molecule has 0 aliphatic rings. The van der Waals surface area contributed by atoms with Crippen LogP contribution in [0.15, 0.2) is 30.3 Å². The highest BCUT2D eigenvalue weighted by Gasteiger charge is 2.29. The fourth-order valence-corrected chi connectivity index (χ4v) is 1.48. The van der Waals surface area contributed by atoms with Crippen LogP contribution in [0.1, 0.15) is 24.8 Å². The van der Waals surface area contributed by atoms with Crippen LogP contribution in [0.5, 0.6) is 0 Å². The highest BCUT2D eigenvalue weighted by atomic mass is 19.4. The molecule has 0 aliphatic carbocycles. The smallest absolute Gasteiger partial charge is 0.422 e. The lowest BCUT2D eigenvalue weighted by Gasteiger charge is -2.07. The summed E-state index contributed by atoms with van der Waals surface area (Å²) in [5.74, 6) is -0.791. The van der Waals surface area contributed by atoms with Gasteiger partial charge in [-0.3, -0.25) is 4.79 Å². The average Bonchev–Trinajstić information content (AvgIpc) is 2.33. The molecule has 0 aromatic heterocycles. The first-order chi connectivity index (χ1) is 8.47. The molecule has 0 atom stereocenters. The van der Waals surface area contributed by atoms with E-state index < -0.39 is 18.8 Å². The standard InChI is InChI=1S/C13H15F3O2/c14-13(15,16)10-18-12(17)9-5-4-8-11-6-2-1-3-7-11/h1-3,6-7H,4-5,8-10H2. The maximum Gasteiger partial charge on any atom is 0.422 e. The SMILES string of the molecule is O=C(CCCCc1ccccc1)OCC(F)(F)F. The summed E-state index contributed by atoms with van der Waals surface area (Å²) in [5.41, 5.74) is 1.15. The number of hydrogen-bond donors (Lipinski definition) is 0. The maximum atomic E-state index is 11.7. The summed E-state index contributed by atoms with van der Waals surface area (Å²) in [4.78, 5) is 11.0. The summed E-state index contributed by atoms with van der Waals surface area (Å²) in [6.07, 6.45) is -2.31. The Morgan fingerprint density at radius 2 is 1.78 bits per heavy atom. The molecule has 0 bridgehead atoms. The fourth-order valence-electron chi connectivity index (χ4n) is 1.48. The Bertz CT molecular complexity index is 360. The second-order valence-corrected chi connectivity index (χ2v) is 3.97. The van der Waals surface area contributed by atoms with Gasteiger partial charge in [0.1, 0.15) is 0 Å². The molecule has 0 aliphatic heterocycles. The molecule has 0 spiro atoms. The number of rotatable bonds is 6. The number of hydrogen-bond acceptors (Lipinski definition) is 2. The van der Waals surface area contributed by atoms with E-state index in [4.69, 9.17) is 0 Å². The first-order valence-electron chi connectivity index (χ1n) is 5.74. The molecule has 0 unspecified atom stereocenters. The van der Waals surface area contributed by atoms with Crippen LogP contribution in [0.2, 0.25) is 0 Å². The maximum absolute atomic E-state index is 11.7. The zero-order chi connectivity index (χ0) is 13.4. The summed E-state index contributed by atoms with van der Waals surface area (Å²) in [5, 5.41) is 0. The van der Waals surface area contributed by atoms with E-state index in [1.54, 1.807) is 0 Å². The molecule has 1 aromatic rings. The number of aryl methyl sites for hydroxylation is 1. The lowest BCUT2D eigenvalue weighted by Crippen LogP contribution is -2.20. The van der Waals surface area contributed by atoms with Crippen LogP contribution in [0.3, 0.4) is 0 Å². The van der Waals surface area contributed by atoms with Gasteiger partial charge in [0.05, 0.1) is 0 Å². The number of esters is 1. The van der Waals surface area contributed by atoms with Gasteiger partial charge >= 0.3 is 12.1 Å². The van der Waals surface area contributed by atoms with Crippen molar-refractivity contribution in [1.82, 2.24) is 0 Å². The third kappa shape index (κ3) is 6.93. The van der Waals surface area contributed by atoms with Crippen LogP contribution in [0.4, 0.5) is 13.2 Å². The van der Waals surface area contributed by atoms with Gasteiger partial charge in [0, 0.05) is 6.42 Å². The number of benzene rings is 1. The number of halogens is 3. The van der Waals surface area contributed by atoms with E-state index in [2.05, 4.69) is 4.74 Å². The second kappa shape index (κ2) is 7.03. The zero-order valence-electron chi connectivity index (χ0n) is 9.87. The minimum atomic E-state index is -4.44. The highest BCUT2D eigenvalue weighted by molar-refractivity contribution is 5.69. The van der Waals surface area contributed by atoms with Gasteiger partial charge in [-0.15, -0.1) is 0 Å². The van der Waals surface area contributed by atoms with Gasteiger partial charge in [-0.2, -0.15) is 13.2 Å². The molecule has 1 rings (SSSR count). The van der Waals surface area contributed by atoms with Gasteiger partial charge in [-0.1, -0.05) is 30.3 Å². The van der Waals surface area contributed by atoms with Gasteiger partial charge in [0.2, 0.25) is 0 Å². The third-order valence-electron chi connectivity index (χ3n) is 2.34. The zero-order valence-corrected chi connectivity index (χ0v) is 9.87. The highest BCUT2D eigenvalue weighted by Crippen LogP contribution is 2.15. The molecule has 0 radical (unpaired) electrons. The predicted octanol–water partition coefficient (Wildman–Crippen LogP) is 3.50. The van der Waals surface area contributed by atoms with E-state index in [-0.39, 0.29) is 6.42 Å². The fraction of sp³-hybridized carbons (Fsp3) is 0.462. The minimum absolute atomic E-state index is 0.0307. The van der Waals surface area contributed by atoms with E-state index in [1.807, 2.05) is 30.3 Å². The molecule has 1 aromatic carbocycles. The van der Waals surface area contributed by atoms with Gasteiger partial charge in [0.25, 0.3) is 0 Å². The Hall–Kier alpha value is -1.52. The topological polar surface area (TPSA) is 26.3 Å². The summed E-state index contributed by atoms with van der Waals surface area (Å²) in [7, 11) is 0. The summed E-state index contributed by atoms with van der Waals surface area (Å²) in [6, 6.07) is 9.71. The molecule has 0 amide bonds. The lowest BCUT2D eigenvalue weighted by molar-refractivity contribution is -0.186. The number of ether oxygens (including phenoxy) is 1. The number of unbranched alkanes of at least 4 members (excludes halogenated alkanes) is 1. The predicted molar refractivity (Wildman–Crippen MR) is 61.0 cm³/mol. The van der Waals surface area contributed by atoms with E-state index in [0.29, 0.717) is 6.42 Å². The van der Waals surface area contributed by atoms with Gasteiger partial charge < -0.3 is 4.74 Å². The Morgan fingerprint density at radius 1 is 1.11 bits per heavy atom. The Kier molecular flexibility index (Phi) is 5.68. The molecular weight excluding hydrogens is 245 g/mol. The Balaban J connectivity index is 2.09. The van der Waals surface area contributed by atoms with Crippen LogP contribution in [-0.4, -0.2) is 18.8 Å². The van der Waals surface area contributed by atoms with Crippen LogP contribution >= 0.6 is 0 Å². The monoisotopic (exact) mass is 260 g/mol. The van der Waals surface area contributed by atoms with E-state index in [0.717, 1.165) is 18.4 Å². The molecule has 0 saturated carbocycles. The van der Waals surface area contributed by atoms with E-state index in [1.165, 1.54) is 0 Å². The van der Waals surface area contributed by atoms with Crippen LogP contribution in [0, 0.1) is 0 Å². The molecule has 18 heavy (non-hydrogen) atoms. The van der Waals surface area contributed by atoms with Crippen molar-refractivity contribution in [2.45, 2.75) is 31.9 Å². The van der Waals surface area contributed by atoms with Crippen molar-refractivity contribution < 1.29 is 22.7 Å². The molecule has 5 heteroatoms. The molecule has 0 N–H and O–H groups in total. The third-order valence-corrected chi connectivity index (χ3v) is 2.34. The van der Waals surface area contributed by atoms with Crippen molar-refractivity contribution in [3.05, 3.63) is 35.9 Å². The van der Waals surface area contributed by atoms with E-state index in [9.17, 15) is 18.0 Å². The molecule has 2 nitrogen and oxygen atoms in total.